The van der Waals surface area contributed by atoms with Crippen molar-refractivity contribution in [1.82, 2.24) is 10.6 Å². The lowest BCUT2D eigenvalue weighted by Gasteiger charge is -2.07. The molecule has 0 aliphatic heterocycles. The van der Waals surface area contributed by atoms with Gasteiger partial charge < -0.3 is 11.1 Å². The van der Waals surface area contributed by atoms with E-state index >= 15 is 0 Å². The maximum Gasteiger partial charge on any atom is 0.316 e. The first-order chi connectivity index (χ1) is 11.0. The number of hydrogen-bond donors (Lipinski definition) is 3. The van der Waals surface area contributed by atoms with E-state index in [-0.39, 0.29) is 17.8 Å². The summed E-state index contributed by atoms with van der Waals surface area (Å²) in [6.07, 6.45) is 0. The molecule has 4 N–H and O–H groups in total. The van der Waals surface area contributed by atoms with E-state index < -0.39 is 17.7 Å². The molecular formula is C16H14ClN3O3. The fraction of sp³-hybridized carbons (Fsp3) is 0.0625. The summed E-state index contributed by atoms with van der Waals surface area (Å²) in [6.45, 7) is 0.144. The summed E-state index contributed by atoms with van der Waals surface area (Å²) < 4.78 is 0. The first kappa shape index (κ1) is 16.5. The number of benzene rings is 2. The molecule has 0 aromatic heterocycles. The molecule has 0 fully saturated rings. The van der Waals surface area contributed by atoms with Gasteiger partial charge in [-0.05, 0) is 29.8 Å². The number of carbonyl (C=O) groups excluding carboxylic acids is 3. The van der Waals surface area contributed by atoms with Crippen molar-refractivity contribution in [2.75, 3.05) is 5.73 Å². The number of para-hydroxylation sites is 1. The van der Waals surface area contributed by atoms with Crippen LogP contribution in [-0.4, -0.2) is 17.7 Å². The number of hydrogen-bond acceptors (Lipinski definition) is 4. The molecule has 0 spiro atoms. The van der Waals surface area contributed by atoms with Crippen molar-refractivity contribution >= 4 is 35.0 Å². The Morgan fingerprint density at radius 3 is 2.26 bits per heavy atom. The molecule has 2 aromatic carbocycles. The molecule has 23 heavy (non-hydrogen) atoms. The molecule has 118 valence electrons. The Morgan fingerprint density at radius 1 is 0.957 bits per heavy atom. The highest BCUT2D eigenvalue weighted by atomic mass is 35.5. The fourth-order valence-electron chi connectivity index (χ4n) is 1.80. The monoisotopic (exact) mass is 331 g/mol. The number of nitrogens with one attached hydrogen (secondary N) is 2. The van der Waals surface area contributed by atoms with Crippen LogP contribution in [0, 0.1) is 0 Å². The first-order valence-corrected chi connectivity index (χ1v) is 7.07. The SMILES string of the molecule is Nc1ccccc1C(=O)NC(=O)C(=O)NCc1ccc(Cl)cc1. The van der Waals surface area contributed by atoms with Crippen molar-refractivity contribution in [3.8, 4) is 0 Å². The summed E-state index contributed by atoms with van der Waals surface area (Å²) in [4.78, 5) is 35.3. The highest BCUT2D eigenvalue weighted by Crippen LogP contribution is 2.10. The number of amides is 3. The van der Waals surface area contributed by atoms with Gasteiger partial charge in [0, 0.05) is 17.3 Å². The summed E-state index contributed by atoms with van der Waals surface area (Å²) >= 11 is 5.75. The number of halogens is 1. The smallest absolute Gasteiger partial charge is 0.316 e. The average molecular weight is 332 g/mol. The minimum Gasteiger partial charge on any atom is -0.398 e. The number of anilines is 1. The highest BCUT2D eigenvalue weighted by molar-refractivity contribution is 6.38. The zero-order valence-corrected chi connectivity index (χ0v) is 12.8. The van der Waals surface area contributed by atoms with E-state index in [0.717, 1.165) is 5.56 Å². The summed E-state index contributed by atoms with van der Waals surface area (Å²) in [5.74, 6) is -2.69. The zero-order valence-electron chi connectivity index (χ0n) is 12.0. The number of nitrogen functional groups attached to an aromatic ring is 1. The van der Waals surface area contributed by atoms with Gasteiger partial charge >= 0.3 is 11.8 Å². The number of imide groups is 1. The van der Waals surface area contributed by atoms with Gasteiger partial charge in [-0.1, -0.05) is 35.9 Å². The van der Waals surface area contributed by atoms with Crippen LogP contribution >= 0.6 is 11.6 Å². The number of nitrogens with two attached hydrogens (primary N) is 1. The van der Waals surface area contributed by atoms with E-state index in [1.807, 2.05) is 5.32 Å². The van der Waals surface area contributed by atoms with Gasteiger partial charge in [-0.15, -0.1) is 0 Å². The lowest BCUT2D eigenvalue weighted by atomic mass is 10.1. The van der Waals surface area contributed by atoms with Gasteiger partial charge in [-0.3, -0.25) is 19.7 Å². The van der Waals surface area contributed by atoms with Crippen molar-refractivity contribution in [3.63, 3.8) is 0 Å². The average Bonchev–Trinajstić information content (AvgIpc) is 2.54. The molecule has 0 unspecified atom stereocenters. The van der Waals surface area contributed by atoms with Crippen LogP contribution in [0.1, 0.15) is 15.9 Å². The molecule has 0 saturated carbocycles. The second-order valence-corrected chi connectivity index (χ2v) is 5.12. The normalized spacial score (nSPS) is 9.96. The quantitative estimate of drug-likeness (QED) is 0.586. The Bertz CT molecular complexity index is 744. The molecule has 0 atom stereocenters. The maximum atomic E-state index is 11.9. The first-order valence-electron chi connectivity index (χ1n) is 6.70. The zero-order chi connectivity index (χ0) is 16.8. The Labute approximate surface area is 137 Å². The second kappa shape index (κ2) is 7.42. The maximum absolute atomic E-state index is 11.9. The molecule has 0 bridgehead atoms. The Kier molecular flexibility index (Phi) is 5.32. The van der Waals surface area contributed by atoms with Gasteiger partial charge in [0.1, 0.15) is 0 Å². The van der Waals surface area contributed by atoms with E-state index in [1.54, 1.807) is 36.4 Å². The second-order valence-electron chi connectivity index (χ2n) is 4.68. The van der Waals surface area contributed by atoms with E-state index in [4.69, 9.17) is 17.3 Å². The molecule has 0 aliphatic carbocycles. The fourth-order valence-corrected chi connectivity index (χ4v) is 1.92. The van der Waals surface area contributed by atoms with Crippen molar-refractivity contribution in [3.05, 3.63) is 64.7 Å². The van der Waals surface area contributed by atoms with Gasteiger partial charge in [-0.2, -0.15) is 0 Å². The third-order valence-corrected chi connectivity index (χ3v) is 3.26. The summed E-state index contributed by atoms with van der Waals surface area (Å²) in [6, 6.07) is 13.0. The third-order valence-electron chi connectivity index (χ3n) is 3.01. The van der Waals surface area contributed by atoms with Gasteiger partial charge in [0.2, 0.25) is 0 Å². The molecule has 3 amide bonds. The van der Waals surface area contributed by atoms with Crippen LogP contribution in [0.2, 0.25) is 5.02 Å². The summed E-state index contributed by atoms with van der Waals surface area (Å²) in [5, 5.41) is 4.98. The molecule has 2 aromatic rings. The van der Waals surface area contributed by atoms with Crippen LogP contribution in [0.4, 0.5) is 5.69 Å². The molecular weight excluding hydrogens is 318 g/mol. The third kappa shape index (κ3) is 4.55. The van der Waals surface area contributed by atoms with Crippen molar-refractivity contribution < 1.29 is 14.4 Å². The molecule has 6 nitrogen and oxygen atoms in total. The van der Waals surface area contributed by atoms with Gasteiger partial charge in [-0.25, -0.2) is 0 Å². The predicted octanol–water partition coefficient (Wildman–Crippen LogP) is 1.49. The van der Waals surface area contributed by atoms with Gasteiger partial charge in [0.25, 0.3) is 5.91 Å². The van der Waals surface area contributed by atoms with Crippen LogP contribution in [0.5, 0.6) is 0 Å². The van der Waals surface area contributed by atoms with Crippen molar-refractivity contribution in [1.29, 1.82) is 0 Å². The van der Waals surface area contributed by atoms with Crippen molar-refractivity contribution in [2.45, 2.75) is 6.54 Å². The molecule has 0 saturated heterocycles. The van der Waals surface area contributed by atoms with Crippen molar-refractivity contribution in [2.24, 2.45) is 0 Å². The van der Waals surface area contributed by atoms with Crippen LogP contribution < -0.4 is 16.4 Å². The van der Waals surface area contributed by atoms with Crippen LogP contribution in [-0.2, 0) is 16.1 Å². The standard InChI is InChI=1S/C16H14ClN3O3/c17-11-7-5-10(6-8-11)9-19-15(22)16(23)20-14(21)12-3-1-2-4-13(12)18/h1-8H,9,18H2,(H,19,22)(H,20,21,23). The largest absolute Gasteiger partial charge is 0.398 e. The van der Waals surface area contributed by atoms with Crippen LogP contribution in [0.25, 0.3) is 0 Å². The minimum atomic E-state index is -1.05. The Morgan fingerprint density at radius 2 is 1.61 bits per heavy atom. The van der Waals surface area contributed by atoms with E-state index in [2.05, 4.69) is 5.32 Å². The molecule has 0 heterocycles. The molecule has 0 radical (unpaired) electrons. The van der Waals surface area contributed by atoms with Gasteiger partial charge in [0.05, 0.1) is 5.56 Å². The Balaban J connectivity index is 1.90. The highest BCUT2D eigenvalue weighted by Gasteiger charge is 2.18. The molecule has 0 aliphatic rings. The van der Waals surface area contributed by atoms with E-state index in [9.17, 15) is 14.4 Å². The van der Waals surface area contributed by atoms with E-state index in [0.29, 0.717) is 5.02 Å². The van der Waals surface area contributed by atoms with Crippen LogP contribution in [0.15, 0.2) is 48.5 Å². The summed E-state index contributed by atoms with van der Waals surface area (Å²) in [7, 11) is 0. The predicted molar refractivity (Wildman–Crippen MR) is 86.6 cm³/mol. The lowest BCUT2D eigenvalue weighted by molar-refractivity contribution is -0.138. The number of rotatable bonds is 3. The van der Waals surface area contributed by atoms with Crippen LogP contribution in [0.3, 0.4) is 0 Å². The molecule has 7 heteroatoms. The Hall–Kier alpha value is -2.86. The summed E-state index contributed by atoms with van der Waals surface area (Å²) in [5.41, 5.74) is 6.76. The topological polar surface area (TPSA) is 101 Å². The minimum absolute atomic E-state index is 0.131. The lowest BCUT2D eigenvalue weighted by Crippen LogP contribution is -2.42. The number of carbonyl (C=O) groups is 3. The molecule has 2 rings (SSSR count). The van der Waals surface area contributed by atoms with Gasteiger partial charge in [0.15, 0.2) is 0 Å². The van der Waals surface area contributed by atoms with E-state index in [1.165, 1.54) is 12.1 Å².